The fraction of sp³-hybridized carbons (Fsp3) is 0.391. The highest BCUT2D eigenvalue weighted by Crippen LogP contribution is 2.35. The van der Waals surface area contributed by atoms with Crippen molar-refractivity contribution in [2.24, 2.45) is 0 Å². The lowest BCUT2D eigenvalue weighted by atomic mass is 9.88. The summed E-state index contributed by atoms with van der Waals surface area (Å²) in [6.45, 7) is 0.123. The van der Waals surface area contributed by atoms with Crippen LogP contribution in [-0.2, 0) is 17.7 Å². The van der Waals surface area contributed by atoms with E-state index in [9.17, 15) is 20.4 Å². The molecule has 1 fully saturated rings. The molecule has 5 atom stereocenters. The van der Waals surface area contributed by atoms with Gasteiger partial charge in [-0.05, 0) is 41.3 Å². The van der Waals surface area contributed by atoms with Gasteiger partial charge in [0.2, 0.25) is 0 Å². The van der Waals surface area contributed by atoms with Gasteiger partial charge in [0.25, 0.3) is 0 Å². The molecule has 3 aromatic rings. The van der Waals surface area contributed by atoms with Crippen molar-refractivity contribution in [2.75, 3.05) is 13.7 Å². The van der Waals surface area contributed by atoms with Crippen LogP contribution >= 0.6 is 11.3 Å². The zero-order valence-corrected chi connectivity index (χ0v) is 17.5. The molecule has 0 spiro atoms. The molecule has 0 aliphatic carbocycles. The lowest BCUT2D eigenvalue weighted by Crippen LogP contribution is -2.55. The average molecular weight is 430 g/mol. The van der Waals surface area contributed by atoms with Crippen molar-refractivity contribution in [3.63, 3.8) is 0 Å². The summed E-state index contributed by atoms with van der Waals surface area (Å²) in [5.41, 5.74) is 2.75. The molecular weight excluding hydrogens is 402 g/mol. The van der Waals surface area contributed by atoms with Gasteiger partial charge < -0.3 is 30.5 Å². The lowest BCUT2D eigenvalue weighted by Gasteiger charge is -2.41. The third kappa shape index (κ3) is 4.15. The molecule has 160 valence electrons. The van der Waals surface area contributed by atoms with Crippen LogP contribution in [0.15, 0.2) is 48.5 Å². The number of hydrogen-bond donors (Lipinski definition) is 5. The first kappa shape index (κ1) is 21.4. The van der Waals surface area contributed by atoms with Crippen LogP contribution in [0.1, 0.15) is 27.7 Å². The third-order valence-corrected chi connectivity index (χ3v) is 6.75. The summed E-state index contributed by atoms with van der Waals surface area (Å²) in [5.74, 6) is 0. The van der Waals surface area contributed by atoms with E-state index in [-0.39, 0.29) is 0 Å². The number of rotatable bonds is 6. The summed E-state index contributed by atoms with van der Waals surface area (Å²) in [6.07, 6.45) is -5.08. The van der Waals surface area contributed by atoms with E-state index in [2.05, 4.69) is 29.6 Å². The lowest BCUT2D eigenvalue weighted by molar-refractivity contribution is -0.231. The van der Waals surface area contributed by atoms with Crippen LogP contribution in [0.5, 0.6) is 0 Å². The van der Waals surface area contributed by atoms with Crippen LogP contribution in [-0.4, -0.2) is 58.5 Å². The van der Waals surface area contributed by atoms with Gasteiger partial charge in [0, 0.05) is 22.5 Å². The van der Waals surface area contributed by atoms with Gasteiger partial charge >= 0.3 is 0 Å². The first-order valence-electron chi connectivity index (χ1n) is 10.1. The van der Waals surface area contributed by atoms with Crippen molar-refractivity contribution >= 4 is 21.4 Å². The molecule has 5 N–H and O–H groups in total. The molecule has 1 aromatic heterocycles. The Kier molecular flexibility index (Phi) is 6.50. The maximum atomic E-state index is 10.6. The maximum absolute atomic E-state index is 10.6. The molecule has 4 rings (SSSR count). The van der Waals surface area contributed by atoms with Crippen LogP contribution in [0.2, 0.25) is 0 Å². The molecule has 2 aromatic carbocycles. The molecule has 1 saturated heterocycles. The predicted molar refractivity (Wildman–Crippen MR) is 117 cm³/mol. The van der Waals surface area contributed by atoms with E-state index in [1.54, 1.807) is 11.3 Å². The smallest absolute Gasteiger partial charge is 0.113 e. The number of ether oxygens (including phenoxy) is 1. The van der Waals surface area contributed by atoms with E-state index in [0.29, 0.717) is 6.54 Å². The summed E-state index contributed by atoms with van der Waals surface area (Å²) in [6, 6.07) is 16.5. The molecule has 0 saturated carbocycles. The normalized spacial score (nSPS) is 26.9. The predicted octanol–water partition coefficient (Wildman–Crippen LogP) is 1.73. The van der Waals surface area contributed by atoms with E-state index in [1.165, 1.54) is 15.0 Å². The van der Waals surface area contributed by atoms with Gasteiger partial charge in [0.05, 0.1) is 6.61 Å². The number of hydrogen-bond acceptors (Lipinski definition) is 7. The molecule has 0 radical (unpaired) electrons. The van der Waals surface area contributed by atoms with Gasteiger partial charge in [-0.25, -0.2) is 0 Å². The molecule has 2 heterocycles. The van der Waals surface area contributed by atoms with Crippen molar-refractivity contribution in [3.05, 3.63) is 70.1 Å². The Morgan fingerprint density at radius 2 is 1.80 bits per heavy atom. The maximum Gasteiger partial charge on any atom is 0.113 e. The zero-order valence-electron chi connectivity index (χ0n) is 16.7. The molecule has 7 heteroatoms. The molecule has 1 aliphatic rings. The average Bonchev–Trinajstić information content (AvgIpc) is 3.16. The van der Waals surface area contributed by atoms with Gasteiger partial charge in [-0.1, -0.05) is 36.4 Å². The Bertz CT molecular complexity index is 971. The standard InChI is InChI=1S/C23H27NO5S/c1-24-11-15-7-6-13(8-16-10-14-4-2-3-5-19(14)30-16)9-17(15)23-22(28)21(27)20(26)18(12-25)29-23/h2-7,9-10,18,20-28H,8,11-12H2,1H3/t18-,20-,21+,22-,23+/m1/s1. The van der Waals surface area contributed by atoms with E-state index >= 15 is 0 Å². The van der Waals surface area contributed by atoms with Gasteiger partial charge in [-0.15, -0.1) is 11.3 Å². The van der Waals surface area contributed by atoms with Crippen LogP contribution in [0, 0.1) is 0 Å². The van der Waals surface area contributed by atoms with E-state index < -0.39 is 37.1 Å². The molecule has 30 heavy (non-hydrogen) atoms. The second kappa shape index (κ2) is 9.11. The Morgan fingerprint density at radius 3 is 2.53 bits per heavy atom. The molecular formula is C23H27NO5S. The largest absolute Gasteiger partial charge is 0.394 e. The minimum atomic E-state index is -1.39. The van der Waals surface area contributed by atoms with Crippen molar-refractivity contribution < 1.29 is 25.2 Å². The second-order valence-electron chi connectivity index (χ2n) is 7.74. The number of aliphatic hydroxyl groups excluding tert-OH is 4. The highest BCUT2D eigenvalue weighted by molar-refractivity contribution is 7.19. The summed E-state index contributed by atoms with van der Waals surface area (Å²) >= 11 is 1.75. The summed E-state index contributed by atoms with van der Waals surface area (Å²) in [7, 11) is 1.84. The van der Waals surface area contributed by atoms with Gasteiger partial charge in [0.15, 0.2) is 0 Å². The fourth-order valence-corrected chi connectivity index (χ4v) is 5.15. The van der Waals surface area contributed by atoms with Gasteiger partial charge in [-0.2, -0.15) is 0 Å². The molecule has 6 nitrogen and oxygen atoms in total. The fourth-order valence-electron chi connectivity index (χ4n) is 4.05. The monoisotopic (exact) mass is 429 g/mol. The van der Waals surface area contributed by atoms with Crippen molar-refractivity contribution in [1.29, 1.82) is 0 Å². The number of thiophene rings is 1. The SMILES string of the molecule is CNCc1ccc(Cc2cc3ccccc3s2)cc1[C@@H]1O[C@H](CO)[C@@H](O)[C@H](O)[C@H]1O. The number of aliphatic hydroxyl groups is 4. The Hall–Kier alpha value is -1.84. The number of nitrogens with one attached hydrogen (secondary N) is 1. The first-order valence-corrected chi connectivity index (χ1v) is 10.9. The van der Waals surface area contributed by atoms with E-state index in [0.717, 1.165) is 23.1 Å². The van der Waals surface area contributed by atoms with E-state index in [4.69, 9.17) is 4.74 Å². The summed E-state index contributed by atoms with van der Waals surface area (Å²) in [5, 5.41) is 44.8. The Balaban J connectivity index is 1.67. The first-order chi connectivity index (χ1) is 14.5. The quantitative estimate of drug-likeness (QED) is 0.409. The minimum absolute atomic E-state index is 0.440. The molecule has 1 aliphatic heterocycles. The number of fused-ring (bicyclic) bond motifs is 1. The topological polar surface area (TPSA) is 102 Å². The van der Waals surface area contributed by atoms with Crippen LogP contribution in [0.3, 0.4) is 0 Å². The molecule has 0 unspecified atom stereocenters. The number of benzene rings is 2. The van der Waals surface area contributed by atoms with Gasteiger partial charge in [0.1, 0.15) is 30.5 Å². The molecule has 0 amide bonds. The van der Waals surface area contributed by atoms with Crippen molar-refractivity contribution in [1.82, 2.24) is 5.32 Å². The van der Waals surface area contributed by atoms with Crippen LogP contribution in [0.25, 0.3) is 10.1 Å². The van der Waals surface area contributed by atoms with Crippen LogP contribution < -0.4 is 5.32 Å². The van der Waals surface area contributed by atoms with Crippen molar-refractivity contribution in [3.8, 4) is 0 Å². The van der Waals surface area contributed by atoms with Gasteiger partial charge in [-0.3, -0.25) is 0 Å². The highest BCUT2D eigenvalue weighted by Gasteiger charge is 2.44. The Labute approximate surface area is 179 Å². The minimum Gasteiger partial charge on any atom is -0.394 e. The summed E-state index contributed by atoms with van der Waals surface area (Å²) in [4.78, 5) is 1.23. The van der Waals surface area contributed by atoms with Crippen LogP contribution in [0.4, 0.5) is 0 Å². The summed E-state index contributed by atoms with van der Waals surface area (Å²) < 4.78 is 7.07. The Morgan fingerprint density at radius 1 is 1.00 bits per heavy atom. The highest BCUT2D eigenvalue weighted by atomic mass is 32.1. The third-order valence-electron chi connectivity index (χ3n) is 5.63. The zero-order chi connectivity index (χ0) is 21.3. The van der Waals surface area contributed by atoms with Crippen molar-refractivity contribution in [2.45, 2.75) is 43.5 Å². The second-order valence-corrected chi connectivity index (χ2v) is 8.91. The van der Waals surface area contributed by atoms with E-state index in [1.807, 2.05) is 31.3 Å². The molecule has 0 bridgehead atoms.